The summed E-state index contributed by atoms with van der Waals surface area (Å²) < 4.78 is 0. The maximum Gasteiger partial charge on any atom is 0.0380 e. The zero-order chi connectivity index (χ0) is 9.10. The van der Waals surface area contributed by atoms with Gasteiger partial charge in [0.1, 0.15) is 0 Å². The van der Waals surface area contributed by atoms with Gasteiger partial charge in [-0.3, -0.25) is 0 Å². The second-order valence-corrected chi connectivity index (χ2v) is 3.92. The molecule has 2 aliphatic heterocycles. The van der Waals surface area contributed by atoms with Crippen LogP contribution in [0.3, 0.4) is 0 Å². The van der Waals surface area contributed by atoms with Crippen LogP contribution >= 0.6 is 0 Å². The number of rotatable bonds is 1. The summed E-state index contributed by atoms with van der Waals surface area (Å²) in [6, 6.07) is 0. The number of hydrogen-bond donors (Lipinski definition) is 1. The standard InChI is InChI=1S/C9H19N3O/c13-12-8-6-11(7-9-12)10-4-2-1-3-5-10/h13H,1-9H2. The van der Waals surface area contributed by atoms with E-state index in [9.17, 15) is 5.21 Å². The van der Waals surface area contributed by atoms with Gasteiger partial charge in [0.2, 0.25) is 0 Å². The molecule has 0 saturated carbocycles. The summed E-state index contributed by atoms with van der Waals surface area (Å²) in [5.41, 5.74) is 0. The molecule has 0 aromatic rings. The van der Waals surface area contributed by atoms with Crippen LogP contribution < -0.4 is 0 Å². The van der Waals surface area contributed by atoms with Crippen LogP contribution in [0.5, 0.6) is 0 Å². The molecular weight excluding hydrogens is 166 g/mol. The molecule has 0 aromatic heterocycles. The van der Waals surface area contributed by atoms with E-state index in [-0.39, 0.29) is 0 Å². The van der Waals surface area contributed by atoms with Gasteiger partial charge in [-0.25, -0.2) is 10.0 Å². The topological polar surface area (TPSA) is 30.0 Å². The van der Waals surface area contributed by atoms with E-state index in [0.29, 0.717) is 0 Å². The number of hydrazine groups is 1. The summed E-state index contributed by atoms with van der Waals surface area (Å²) in [7, 11) is 0. The Bertz CT molecular complexity index is 151. The lowest BCUT2D eigenvalue weighted by molar-refractivity contribution is -0.157. The first-order chi connectivity index (χ1) is 6.36. The Kier molecular flexibility index (Phi) is 3.16. The largest absolute Gasteiger partial charge is 0.314 e. The van der Waals surface area contributed by atoms with Crippen molar-refractivity contribution in [1.82, 2.24) is 15.1 Å². The molecule has 0 amide bonds. The monoisotopic (exact) mass is 185 g/mol. The third kappa shape index (κ3) is 2.40. The van der Waals surface area contributed by atoms with Crippen molar-refractivity contribution in [3.05, 3.63) is 0 Å². The van der Waals surface area contributed by atoms with Gasteiger partial charge in [0.15, 0.2) is 0 Å². The first-order valence-electron chi connectivity index (χ1n) is 5.30. The summed E-state index contributed by atoms with van der Waals surface area (Å²) in [5, 5.41) is 15.5. The zero-order valence-electron chi connectivity index (χ0n) is 8.15. The molecule has 2 rings (SSSR count). The van der Waals surface area contributed by atoms with E-state index in [4.69, 9.17) is 0 Å². The van der Waals surface area contributed by atoms with Gasteiger partial charge in [0.05, 0.1) is 0 Å². The second kappa shape index (κ2) is 4.37. The van der Waals surface area contributed by atoms with Crippen LogP contribution in [0.15, 0.2) is 0 Å². The van der Waals surface area contributed by atoms with Crippen molar-refractivity contribution < 1.29 is 5.21 Å². The van der Waals surface area contributed by atoms with Gasteiger partial charge in [0, 0.05) is 39.3 Å². The zero-order valence-corrected chi connectivity index (χ0v) is 8.15. The Morgan fingerprint density at radius 1 is 0.615 bits per heavy atom. The van der Waals surface area contributed by atoms with Crippen LogP contribution in [0.25, 0.3) is 0 Å². The fraction of sp³-hybridized carbons (Fsp3) is 1.00. The number of nitrogens with zero attached hydrogens (tertiary/aromatic N) is 3. The second-order valence-electron chi connectivity index (χ2n) is 3.92. The van der Waals surface area contributed by atoms with Gasteiger partial charge < -0.3 is 5.21 Å². The third-order valence-electron chi connectivity index (χ3n) is 2.96. The molecule has 1 N–H and O–H groups in total. The predicted octanol–water partition coefficient (Wildman–Crippen LogP) is 0.394. The molecule has 0 aromatic carbocycles. The minimum absolute atomic E-state index is 0.788. The van der Waals surface area contributed by atoms with Crippen LogP contribution in [-0.4, -0.2) is 59.6 Å². The molecule has 76 valence electrons. The fourth-order valence-corrected chi connectivity index (χ4v) is 2.13. The number of piperidine rings is 1. The van der Waals surface area contributed by atoms with Gasteiger partial charge >= 0.3 is 0 Å². The Labute approximate surface area is 79.6 Å². The highest BCUT2D eigenvalue weighted by atomic mass is 16.5. The molecule has 2 heterocycles. The highest BCUT2D eigenvalue weighted by Gasteiger charge is 2.21. The fourth-order valence-electron chi connectivity index (χ4n) is 2.13. The van der Waals surface area contributed by atoms with E-state index in [2.05, 4.69) is 10.0 Å². The summed E-state index contributed by atoms with van der Waals surface area (Å²) in [4.78, 5) is 0. The Hall–Kier alpha value is -0.160. The smallest absolute Gasteiger partial charge is 0.0380 e. The average Bonchev–Trinajstić information content (AvgIpc) is 2.20. The van der Waals surface area contributed by atoms with Gasteiger partial charge in [-0.2, -0.15) is 5.06 Å². The quantitative estimate of drug-likeness (QED) is 0.640. The van der Waals surface area contributed by atoms with Crippen molar-refractivity contribution in [1.29, 1.82) is 0 Å². The molecule has 4 nitrogen and oxygen atoms in total. The molecule has 2 aliphatic rings. The molecule has 2 saturated heterocycles. The Morgan fingerprint density at radius 3 is 1.77 bits per heavy atom. The van der Waals surface area contributed by atoms with Gasteiger partial charge in [-0.05, 0) is 12.8 Å². The molecule has 0 radical (unpaired) electrons. The van der Waals surface area contributed by atoms with Crippen LogP contribution in [0.1, 0.15) is 19.3 Å². The molecule has 0 aliphatic carbocycles. The van der Waals surface area contributed by atoms with Crippen LogP contribution in [0.4, 0.5) is 0 Å². The highest BCUT2D eigenvalue weighted by Crippen LogP contribution is 2.12. The van der Waals surface area contributed by atoms with Crippen LogP contribution in [-0.2, 0) is 0 Å². The van der Waals surface area contributed by atoms with Crippen molar-refractivity contribution in [2.75, 3.05) is 39.3 Å². The van der Waals surface area contributed by atoms with Crippen molar-refractivity contribution in [2.45, 2.75) is 19.3 Å². The molecule has 0 bridgehead atoms. The molecule has 0 atom stereocenters. The predicted molar refractivity (Wildman–Crippen MR) is 50.4 cm³/mol. The number of piperazine rings is 1. The minimum atomic E-state index is 0.788. The summed E-state index contributed by atoms with van der Waals surface area (Å²) >= 11 is 0. The molecule has 0 spiro atoms. The van der Waals surface area contributed by atoms with Crippen LogP contribution in [0.2, 0.25) is 0 Å². The van der Waals surface area contributed by atoms with E-state index in [1.807, 2.05) is 0 Å². The van der Waals surface area contributed by atoms with Crippen LogP contribution in [0, 0.1) is 0 Å². The van der Waals surface area contributed by atoms with E-state index in [1.165, 1.54) is 37.4 Å². The van der Waals surface area contributed by atoms with Crippen molar-refractivity contribution >= 4 is 0 Å². The Morgan fingerprint density at radius 2 is 1.15 bits per heavy atom. The molecule has 2 fully saturated rings. The lowest BCUT2D eigenvalue weighted by Crippen LogP contribution is -2.54. The molecular formula is C9H19N3O. The normalized spacial score (nSPS) is 29.3. The maximum absolute atomic E-state index is 9.21. The highest BCUT2D eigenvalue weighted by molar-refractivity contribution is 4.69. The summed E-state index contributed by atoms with van der Waals surface area (Å²) in [6.07, 6.45) is 4.05. The van der Waals surface area contributed by atoms with E-state index in [0.717, 1.165) is 26.2 Å². The lowest BCUT2D eigenvalue weighted by atomic mass is 10.1. The summed E-state index contributed by atoms with van der Waals surface area (Å²) in [6.45, 7) is 5.97. The van der Waals surface area contributed by atoms with E-state index >= 15 is 0 Å². The minimum Gasteiger partial charge on any atom is -0.314 e. The molecule has 4 heteroatoms. The van der Waals surface area contributed by atoms with E-state index < -0.39 is 0 Å². The van der Waals surface area contributed by atoms with Crippen molar-refractivity contribution in [2.24, 2.45) is 0 Å². The summed E-state index contributed by atoms with van der Waals surface area (Å²) in [5.74, 6) is 0. The number of hydrogen-bond acceptors (Lipinski definition) is 4. The van der Waals surface area contributed by atoms with Crippen molar-refractivity contribution in [3.8, 4) is 0 Å². The van der Waals surface area contributed by atoms with Gasteiger partial charge in [0.25, 0.3) is 0 Å². The molecule has 13 heavy (non-hydrogen) atoms. The lowest BCUT2D eigenvalue weighted by Gasteiger charge is -2.41. The van der Waals surface area contributed by atoms with Crippen molar-refractivity contribution in [3.63, 3.8) is 0 Å². The van der Waals surface area contributed by atoms with Gasteiger partial charge in [-0.15, -0.1) is 0 Å². The maximum atomic E-state index is 9.21. The van der Waals surface area contributed by atoms with Gasteiger partial charge in [-0.1, -0.05) is 6.42 Å². The third-order valence-corrected chi connectivity index (χ3v) is 2.96. The first kappa shape index (κ1) is 9.40. The number of hydroxylamine groups is 2. The first-order valence-corrected chi connectivity index (χ1v) is 5.30. The Balaban J connectivity index is 1.79. The van der Waals surface area contributed by atoms with E-state index in [1.54, 1.807) is 0 Å². The SMILES string of the molecule is ON1CCN(N2CCCCC2)CC1. The molecule has 0 unspecified atom stereocenters. The average molecular weight is 185 g/mol.